The fraction of sp³-hybridized carbons (Fsp3) is 0.925. The molecule has 0 radical (unpaired) electrons. The fourth-order valence-electron chi connectivity index (χ4n) is 8.22. The quantitative estimate of drug-likeness (QED) is 0.0322. The van der Waals surface area contributed by atoms with Gasteiger partial charge in [0.2, 0.25) is 5.91 Å². The van der Waals surface area contributed by atoms with Crippen molar-refractivity contribution in [2.45, 2.75) is 302 Å². The Morgan fingerprint density at radius 3 is 1.20 bits per heavy atom. The molecule has 350 valence electrons. The second-order valence-corrected chi connectivity index (χ2v) is 18.2. The van der Waals surface area contributed by atoms with E-state index in [0.29, 0.717) is 25.9 Å². The Morgan fingerprint density at radius 1 is 0.458 bits per heavy atom. The number of rotatable bonds is 49. The van der Waals surface area contributed by atoms with Crippen LogP contribution in [0.15, 0.2) is 12.2 Å². The van der Waals surface area contributed by atoms with Crippen LogP contribution in [0.4, 0.5) is 0 Å². The molecule has 0 heterocycles. The Morgan fingerprint density at radius 2 is 0.797 bits per heavy atom. The molecule has 2 atom stereocenters. The van der Waals surface area contributed by atoms with Gasteiger partial charge >= 0.3 is 5.97 Å². The van der Waals surface area contributed by atoms with Crippen LogP contribution in [0, 0.1) is 0 Å². The Bertz CT molecular complexity index is 878. The molecule has 0 fully saturated rings. The molecule has 0 aliphatic heterocycles. The molecule has 0 saturated heterocycles. The van der Waals surface area contributed by atoms with Gasteiger partial charge in [0.1, 0.15) is 0 Å². The van der Waals surface area contributed by atoms with Crippen LogP contribution in [0.25, 0.3) is 0 Å². The van der Waals surface area contributed by atoms with E-state index in [0.717, 1.165) is 51.4 Å². The van der Waals surface area contributed by atoms with Crippen molar-refractivity contribution in [1.82, 2.24) is 5.32 Å². The average Bonchev–Trinajstić information content (AvgIpc) is 3.24. The summed E-state index contributed by atoms with van der Waals surface area (Å²) in [5.74, 6) is -0.0566. The van der Waals surface area contributed by atoms with E-state index in [2.05, 4.69) is 31.3 Å². The van der Waals surface area contributed by atoms with Gasteiger partial charge in [-0.15, -0.1) is 0 Å². The van der Waals surface area contributed by atoms with E-state index in [-0.39, 0.29) is 18.5 Å². The molecule has 0 aliphatic rings. The Kier molecular flexibility index (Phi) is 48.1. The standard InChI is InChI=1S/C53H103NO5/c1-3-5-7-9-11-13-15-16-17-18-19-20-23-27-31-35-39-43-47-53(58)59-48-44-40-36-32-28-24-21-22-26-30-34-38-42-46-52(57)54-50(49-55)51(56)45-41-37-33-29-25-14-12-10-8-6-4-2/h17-18,50-51,55-56H,3-16,19-49H2,1-2H3,(H,54,57)/b18-17-. The zero-order valence-electron chi connectivity index (χ0n) is 39.7. The molecule has 0 aromatic rings. The van der Waals surface area contributed by atoms with Gasteiger partial charge in [-0.05, 0) is 51.4 Å². The van der Waals surface area contributed by atoms with Gasteiger partial charge in [0.25, 0.3) is 0 Å². The van der Waals surface area contributed by atoms with E-state index in [1.807, 2.05) is 0 Å². The van der Waals surface area contributed by atoms with Gasteiger partial charge in [0, 0.05) is 12.8 Å². The van der Waals surface area contributed by atoms with Gasteiger partial charge in [-0.1, -0.05) is 238 Å². The summed E-state index contributed by atoms with van der Waals surface area (Å²) in [6, 6.07) is -0.549. The highest BCUT2D eigenvalue weighted by Gasteiger charge is 2.20. The predicted octanol–water partition coefficient (Wildman–Crippen LogP) is 15.7. The van der Waals surface area contributed by atoms with Crippen molar-refractivity contribution in [3.63, 3.8) is 0 Å². The number of ether oxygens (including phenoxy) is 1. The van der Waals surface area contributed by atoms with Crippen molar-refractivity contribution in [3.8, 4) is 0 Å². The summed E-state index contributed by atoms with van der Waals surface area (Å²) in [6.07, 6.45) is 56.1. The summed E-state index contributed by atoms with van der Waals surface area (Å²) >= 11 is 0. The summed E-state index contributed by atoms with van der Waals surface area (Å²) in [7, 11) is 0. The van der Waals surface area contributed by atoms with Crippen molar-refractivity contribution >= 4 is 11.9 Å². The smallest absolute Gasteiger partial charge is 0.305 e. The highest BCUT2D eigenvalue weighted by atomic mass is 16.5. The largest absolute Gasteiger partial charge is 0.466 e. The first-order valence-electron chi connectivity index (χ1n) is 26.4. The van der Waals surface area contributed by atoms with Crippen molar-refractivity contribution in [1.29, 1.82) is 0 Å². The molecule has 0 aromatic carbocycles. The van der Waals surface area contributed by atoms with Crippen molar-refractivity contribution in [2.24, 2.45) is 0 Å². The number of esters is 1. The zero-order valence-corrected chi connectivity index (χ0v) is 39.7. The lowest BCUT2D eigenvalue weighted by atomic mass is 10.0. The van der Waals surface area contributed by atoms with Crippen LogP contribution in [0.1, 0.15) is 290 Å². The molecule has 0 aliphatic carbocycles. The molecule has 0 saturated carbocycles. The average molecular weight is 834 g/mol. The maximum Gasteiger partial charge on any atom is 0.305 e. The highest BCUT2D eigenvalue weighted by molar-refractivity contribution is 5.76. The van der Waals surface area contributed by atoms with Crippen molar-refractivity contribution < 1.29 is 24.5 Å². The van der Waals surface area contributed by atoms with Crippen LogP contribution in [0.3, 0.4) is 0 Å². The van der Waals surface area contributed by atoms with E-state index >= 15 is 0 Å². The third kappa shape index (κ3) is 45.9. The topological polar surface area (TPSA) is 95.9 Å². The number of nitrogens with one attached hydrogen (secondary N) is 1. The second-order valence-electron chi connectivity index (χ2n) is 18.2. The van der Waals surface area contributed by atoms with E-state index in [1.165, 1.54) is 205 Å². The minimum absolute atomic E-state index is 0.00823. The normalized spacial score (nSPS) is 12.7. The molecule has 6 heteroatoms. The maximum atomic E-state index is 12.4. The third-order valence-corrected chi connectivity index (χ3v) is 12.3. The van der Waals surface area contributed by atoms with Gasteiger partial charge in [0.15, 0.2) is 0 Å². The lowest BCUT2D eigenvalue weighted by Crippen LogP contribution is -2.45. The zero-order chi connectivity index (χ0) is 43.0. The number of carbonyl (C=O) groups is 2. The SMILES string of the molecule is CCCCCCCCC/C=C\CCCCCCCCCC(=O)OCCCCCCCCCCCCCCCC(=O)NC(CO)C(O)CCCCCCCCCCCCC. The predicted molar refractivity (Wildman–Crippen MR) is 255 cm³/mol. The second kappa shape index (κ2) is 49.3. The lowest BCUT2D eigenvalue weighted by molar-refractivity contribution is -0.143. The number of unbranched alkanes of at least 4 members (excludes halogenated alkanes) is 36. The van der Waals surface area contributed by atoms with E-state index in [9.17, 15) is 19.8 Å². The molecule has 59 heavy (non-hydrogen) atoms. The molecule has 0 bridgehead atoms. The monoisotopic (exact) mass is 834 g/mol. The molecule has 0 spiro atoms. The van der Waals surface area contributed by atoms with Crippen molar-refractivity contribution in [2.75, 3.05) is 13.2 Å². The van der Waals surface area contributed by atoms with Gasteiger partial charge in [-0.3, -0.25) is 9.59 Å². The lowest BCUT2D eigenvalue weighted by Gasteiger charge is -2.22. The molecule has 3 N–H and O–H groups in total. The fourth-order valence-corrected chi connectivity index (χ4v) is 8.22. The van der Waals surface area contributed by atoms with Crippen LogP contribution in [-0.4, -0.2) is 47.4 Å². The first-order valence-corrected chi connectivity index (χ1v) is 26.4. The molecule has 0 rings (SSSR count). The van der Waals surface area contributed by atoms with E-state index in [4.69, 9.17) is 4.74 Å². The Hall–Kier alpha value is -1.40. The Balaban J connectivity index is 3.42. The molecule has 0 aromatic heterocycles. The summed E-state index contributed by atoms with van der Waals surface area (Å²) in [6.45, 7) is 4.92. The van der Waals surface area contributed by atoms with Crippen LogP contribution < -0.4 is 5.32 Å². The highest BCUT2D eigenvalue weighted by Crippen LogP contribution is 2.16. The molecular formula is C53H103NO5. The van der Waals surface area contributed by atoms with Crippen LogP contribution in [0.5, 0.6) is 0 Å². The van der Waals surface area contributed by atoms with Crippen LogP contribution in [-0.2, 0) is 14.3 Å². The summed E-state index contributed by atoms with van der Waals surface area (Å²) in [5.41, 5.74) is 0. The molecule has 6 nitrogen and oxygen atoms in total. The number of aliphatic hydroxyl groups excluding tert-OH is 2. The summed E-state index contributed by atoms with van der Waals surface area (Å²) in [4.78, 5) is 24.5. The van der Waals surface area contributed by atoms with E-state index < -0.39 is 12.1 Å². The third-order valence-electron chi connectivity index (χ3n) is 12.3. The number of aliphatic hydroxyl groups is 2. The maximum absolute atomic E-state index is 12.4. The number of hydrogen-bond acceptors (Lipinski definition) is 5. The number of carbonyl (C=O) groups excluding carboxylic acids is 2. The number of amides is 1. The summed E-state index contributed by atoms with van der Waals surface area (Å²) < 4.78 is 5.47. The molecular weight excluding hydrogens is 731 g/mol. The van der Waals surface area contributed by atoms with Crippen molar-refractivity contribution in [3.05, 3.63) is 12.2 Å². The number of hydrogen-bond donors (Lipinski definition) is 3. The number of allylic oxidation sites excluding steroid dienone is 2. The Labute approximate surface area is 368 Å². The van der Waals surface area contributed by atoms with Gasteiger partial charge in [-0.2, -0.15) is 0 Å². The first-order chi connectivity index (χ1) is 29.0. The summed E-state index contributed by atoms with van der Waals surface area (Å²) in [5, 5.41) is 23.1. The van der Waals surface area contributed by atoms with Crippen LogP contribution >= 0.6 is 0 Å². The van der Waals surface area contributed by atoms with Gasteiger partial charge < -0.3 is 20.3 Å². The van der Waals surface area contributed by atoms with Gasteiger partial charge in [-0.25, -0.2) is 0 Å². The van der Waals surface area contributed by atoms with E-state index in [1.54, 1.807) is 0 Å². The molecule has 2 unspecified atom stereocenters. The van der Waals surface area contributed by atoms with Crippen LogP contribution in [0.2, 0.25) is 0 Å². The minimum atomic E-state index is -0.670. The first kappa shape index (κ1) is 57.6. The minimum Gasteiger partial charge on any atom is -0.466 e. The van der Waals surface area contributed by atoms with Gasteiger partial charge in [0.05, 0.1) is 25.4 Å². The molecule has 1 amide bonds.